The summed E-state index contributed by atoms with van der Waals surface area (Å²) in [5.41, 5.74) is 6.50. The first-order valence-electron chi connectivity index (χ1n) is 5.80. The molecule has 2 rings (SSSR count). The summed E-state index contributed by atoms with van der Waals surface area (Å²) in [7, 11) is 0. The summed E-state index contributed by atoms with van der Waals surface area (Å²) in [4.78, 5) is 15.4. The van der Waals surface area contributed by atoms with Gasteiger partial charge in [0.1, 0.15) is 12.2 Å². The zero-order valence-corrected chi connectivity index (χ0v) is 9.90. The monoisotopic (exact) mass is 235 g/mol. The van der Waals surface area contributed by atoms with Gasteiger partial charge in [-0.15, -0.1) is 0 Å². The summed E-state index contributed by atoms with van der Waals surface area (Å²) in [5.74, 6) is -0.156. The smallest absolute Gasteiger partial charge is 0.254 e. The van der Waals surface area contributed by atoms with E-state index in [-0.39, 0.29) is 0 Å². The largest absolute Gasteiger partial charge is 0.475 e. The van der Waals surface area contributed by atoms with Crippen molar-refractivity contribution in [2.75, 3.05) is 13.2 Å². The highest BCUT2D eigenvalue weighted by Crippen LogP contribution is 2.19. The molecule has 1 atom stereocenters. The normalized spacial score (nSPS) is 19.2. The second-order valence-corrected chi connectivity index (χ2v) is 4.28. The van der Waals surface area contributed by atoms with Crippen molar-refractivity contribution in [1.82, 2.24) is 10.3 Å². The van der Waals surface area contributed by atoms with E-state index in [2.05, 4.69) is 10.3 Å². The molecular formula is C12H17N3O2. The molecule has 0 bridgehead atoms. The molecule has 1 aromatic heterocycles. The van der Waals surface area contributed by atoms with Crippen molar-refractivity contribution in [1.29, 1.82) is 0 Å². The molecule has 17 heavy (non-hydrogen) atoms. The lowest BCUT2D eigenvalue weighted by Gasteiger charge is -2.13. The van der Waals surface area contributed by atoms with Crippen LogP contribution >= 0.6 is 0 Å². The summed E-state index contributed by atoms with van der Waals surface area (Å²) in [6.07, 6.45) is 3.88. The molecule has 5 nitrogen and oxygen atoms in total. The third-order valence-electron chi connectivity index (χ3n) is 2.95. The molecular weight excluding hydrogens is 218 g/mol. The van der Waals surface area contributed by atoms with Gasteiger partial charge in [-0.1, -0.05) is 0 Å². The third kappa shape index (κ3) is 2.74. The van der Waals surface area contributed by atoms with Crippen molar-refractivity contribution in [3.05, 3.63) is 23.4 Å². The predicted molar refractivity (Wildman–Crippen MR) is 64.0 cm³/mol. The number of pyridine rings is 1. The first-order valence-corrected chi connectivity index (χ1v) is 5.80. The van der Waals surface area contributed by atoms with Gasteiger partial charge in [0.2, 0.25) is 5.88 Å². The lowest BCUT2D eigenvalue weighted by molar-refractivity contribution is 0.0994. The molecule has 1 amide bonds. The van der Waals surface area contributed by atoms with Gasteiger partial charge in [-0.2, -0.15) is 0 Å². The SMILES string of the molecule is Cc1ccnc(OCC2CCCN2)c1C(N)=O. The molecule has 1 aromatic rings. The number of nitrogens with one attached hydrogen (secondary N) is 1. The Balaban J connectivity index is 2.09. The maximum absolute atomic E-state index is 11.3. The quantitative estimate of drug-likeness (QED) is 0.802. The lowest BCUT2D eigenvalue weighted by Crippen LogP contribution is -2.29. The fourth-order valence-corrected chi connectivity index (χ4v) is 2.02. The lowest BCUT2D eigenvalue weighted by atomic mass is 10.1. The van der Waals surface area contributed by atoms with Gasteiger partial charge < -0.3 is 15.8 Å². The first kappa shape index (κ1) is 11.9. The highest BCUT2D eigenvalue weighted by molar-refractivity contribution is 5.96. The van der Waals surface area contributed by atoms with Crippen LogP contribution in [-0.4, -0.2) is 30.1 Å². The number of amides is 1. The molecule has 0 aromatic carbocycles. The Morgan fingerprint density at radius 2 is 2.53 bits per heavy atom. The van der Waals surface area contributed by atoms with E-state index >= 15 is 0 Å². The van der Waals surface area contributed by atoms with Crippen LogP contribution in [0.4, 0.5) is 0 Å². The van der Waals surface area contributed by atoms with Gasteiger partial charge >= 0.3 is 0 Å². The van der Waals surface area contributed by atoms with E-state index in [0.717, 1.165) is 24.9 Å². The van der Waals surface area contributed by atoms with E-state index < -0.39 is 5.91 Å². The molecule has 1 saturated heterocycles. The van der Waals surface area contributed by atoms with Crippen molar-refractivity contribution < 1.29 is 9.53 Å². The molecule has 0 aliphatic carbocycles. The fourth-order valence-electron chi connectivity index (χ4n) is 2.02. The van der Waals surface area contributed by atoms with Crippen LogP contribution in [0.3, 0.4) is 0 Å². The number of nitrogens with two attached hydrogens (primary N) is 1. The highest BCUT2D eigenvalue weighted by Gasteiger charge is 2.18. The van der Waals surface area contributed by atoms with Gasteiger partial charge in [-0.25, -0.2) is 4.98 Å². The average molecular weight is 235 g/mol. The molecule has 92 valence electrons. The number of aryl methyl sites for hydroxylation is 1. The van der Waals surface area contributed by atoms with Gasteiger partial charge in [0.05, 0.1) is 0 Å². The van der Waals surface area contributed by atoms with Crippen LogP contribution in [0, 0.1) is 6.92 Å². The van der Waals surface area contributed by atoms with Gasteiger partial charge in [-0.3, -0.25) is 4.79 Å². The summed E-state index contributed by atoms with van der Waals surface area (Å²) in [5, 5.41) is 3.32. The topological polar surface area (TPSA) is 77.2 Å². The molecule has 0 radical (unpaired) electrons. The summed E-state index contributed by atoms with van der Waals surface area (Å²) < 4.78 is 5.59. The number of hydrogen-bond donors (Lipinski definition) is 2. The minimum atomic E-state index is -0.495. The molecule has 3 N–H and O–H groups in total. The second-order valence-electron chi connectivity index (χ2n) is 4.28. The number of carbonyl (C=O) groups is 1. The van der Waals surface area contributed by atoms with E-state index in [9.17, 15) is 4.79 Å². The fraction of sp³-hybridized carbons (Fsp3) is 0.500. The number of hydrogen-bond acceptors (Lipinski definition) is 4. The number of primary amides is 1. The summed E-state index contributed by atoms with van der Waals surface area (Å²) >= 11 is 0. The summed E-state index contributed by atoms with van der Waals surface area (Å²) in [6.45, 7) is 3.37. The molecule has 2 heterocycles. The average Bonchev–Trinajstić information content (AvgIpc) is 2.78. The first-order chi connectivity index (χ1) is 8.18. The maximum atomic E-state index is 11.3. The Hall–Kier alpha value is -1.62. The Kier molecular flexibility index (Phi) is 3.58. The zero-order valence-electron chi connectivity index (χ0n) is 9.90. The van der Waals surface area contributed by atoms with Crippen LogP contribution in [0.25, 0.3) is 0 Å². The van der Waals surface area contributed by atoms with Crippen molar-refractivity contribution in [2.24, 2.45) is 5.73 Å². The van der Waals surface area contributed by atoms with Crippen molar-refractivity contribution >= 4 is 5.91 Å². The third-order valence-corrected chi connectivity index (χ3v) is 2.95. The second kappa shape index (κ2) is 5.14. The Bertz CT molecular complexity index is 414. The number of rotatable bonds is 4. The Labute approximate surface area is 100 Å². The van der Waals surface area contributed by atoms with Gasteiger partial charge in [-0.05, 0) is 37.9 Å². The van der Waals surface area contributed by atoms with Gasteiger partial charge in [0.25, 0.3) is 5.91 Å². The van der Waals surface area contributed by atoms with E-state index in [4.69, 9.17) is 10.5 Å². The van der Waals surface area contributed by atoms with E-state index in [1.807, 2.05) is 6.92 Å². The molecule has 1 aliphatic rings. The zero-order chi connectivity index (χ0) is 12.3. The minimum Gasteiger partial charge on any atom is -0.475 e. The Morgan fingerprint density at radius 1 is 1.71 bits per heavy atom. The van der Waals surface area contributed by atoms with Crippen LogP contribution in [-0.2, 0) is 0 Å². The van der Waals surface area contributed by atoms with Crippen LogP contribution in [0.15, 0.2) is 12.3 Å². The number of ether oxygens (including phenoxy) is 1. The Morgan fingerprint density at radius 3 is 3.18 bits per heavy atom. The molecule has 1 unspecified atom stereocenters. The van der Waals surface area contributed by atoms with Crippen molar-refractivity contribution in [2.45, 2.75) is 25.8 Å². The molecule has 0 saturated carbocycles. The number of nitrogens with zero attached hydrogens (tertiary/aromatic N) is 1. The summed E-state index contributed by atoms with van der Waals surface area (Å²) in [6, 6.07) is 2.10. The van der Waals surface area contributed by atoms with Crippen molar-refractivity contribution in [3.8, 4) is 5.88 Å². The maximum Gasteiger partial charge on any atom is 0.254 e. The predicted octanol–water partition coefficient (Wildman–Crippen LogP) is 0.620. The highest BCUT2D eigenvalue weighted by atomic mass is 16.5. The molecule has 1 aliphatic heterocycles. The van der Waals surface area contributed by atoms with Crippen LogP contribution in [0.1, 0.15) is 28.8 Å². The van der Waals surface area contributed by atoms with Gasteiger partial charge in [0.15, 0.2) is 0 Å². The van der Waals surface area contributed by atoms with E-state index in [0.29, 0.717) is 24.1 Å². The number of carbonyl (C=O) groups excluding carboxylic acids is 1. The van der Waals surface area contributed by atoms with Crippen molar-refractivity contribution in [3.63, 3.8) is 0 Å². The van der Waals surface area contributed by atoms with Crippen LogP contribution in [0.5, 0.6) is 5.88 Å². The standard InChI is InChI=1S/C12H17N3O2/c1-8-4-6-15-12(10(8)11(13)16)17-7-9-3-2-5-14-9/h4,6,9,14H,2-3,5,7H2,1H3,(H2,13,16). The molecule has 1 fully saturated rings. The molecule has 0 spiro atoms. The van der Waals surface area contributed by atoms with E-state index in [1.165, 1.54) is 0 Å². The van der Waals surface area contributed by atoms with Gasteiger partial charge in [0, 0.05) is 12.2 Å². The van der Waals surface area contributed by atoms with Crippen LogP contribution < -0.4 is 15.8 Å². The minimum absolute atomic E-state index is 0.339. The van der Waals surface area contributed by atoms with E-state index in [1.54, 1.807) is 12.3 Å². The molecule has 5 heteroatoms. The van der Waals surface area contributed by atoms with Crippen LogP contribution in [0.2, 0.25) is 0 Å². The number of aromatic nitrogens is 1.